The van der Waals surface area contributed by atoms with Crippen LogP contribution in [0.15, 0.2) is 67.0 Å². The third-order valence-electron chi connectivity index (χ3n) is 4.43. The molecule has 2 aromatic carbocycles. The Bertz CT molecular complexity index is 1050. The minimum atomic E-state index is -0.289. The van der Waals surface area contributed by atoms with Crippen molar-refractivity contribution >= 4 is 17.7 Å². The van der Waals surface area contributed by atoms with Gasteiger partial charge < -0.3 is 24.3 Å². The van der Waals surface area contributed by atoms with Crippen LogP contribution < -0.4 is 24.3 Å². The van der Waals surface area contributed by atoms with Gasteiger partial charge in [0, 0.05) is 41.9 Å². The highest BCUT2D eigenvalue weighted by Crippen LogP contribution is 2.31. The van der Waals surface area contributed by atoms with Gasteiger partial charge in [-0.15, -0.1) is 0 Å². The fourth-order valence-electron chi connectivity index (χ4n) is 2.81. The van der Waals surface area contributed by atoms with E-state index < -0.39 is 0 Å². The van der Waals surface area contributed by atoms with E-state index in [1.54, 1.807) is 70.1 Å². The number of nitrogens with one attached hydrogen (secondary N) is 1. The Morgan fingerprint density at radius 2 is 1.68 bits per heavy atom. The largest absolute Gasteiger partial charge is 0.497 e. The second kappa shape index (κ2) is 10.7. The molecule has 0 bridgehead atoms. The van der Waals surface area contributed by atoms with Crippen LogP contribution in [0.2, 0.25) is 0 Å². The van der Waals surface area contributed by atoms with E-state index in [1.165, 1.54) is 6.08 Å². The van der Waals surface area contributed by atoms with Crippen molar-refractivity contribution in [2.45, 2.75) is 6.61 Å². The van der Waals surface area contributed by atoms with E-state index in [9.17, 15) is 4.79 Å². The summed E-state index contributed by atoms with van der Waals surface area (Å²) < 4.78 is 21.8. The van der Waals surface area contributed by atoms with Crippen LogP contribution in [0.3, 0.4) is 0 Å². The van der Waals surface area contributed by atoms with Crippen LogP contribution in [-0.2, 0) is 11.4 Å². The molecule has 0 radical (unpaired) electrons. The molecule has 0 aliphatic rings. The number of ether oxygens (including phenoxy) is 4. The molecule has 1 heterocycles. The maximum Gasteiger partial charge on any atom is 0.248 e. The number of methoxy groups -OCH3 is 3. The third-order valence-corrected chi connectivity index (χ3v) is 4.43. The fourth-order valence-corrected chi connectivity index (χ4v) is 2.81. The van der Waals surface area contributed by atoms with Crippen molar-refractivity contribution in [3.05, 3.63) is 78.1 Å². The van der Waals surface area contributed by atoms with E-state index in [0.717, 1.165) is 11.1 Å². The van der Waals surface area contributed by atoms with Crippen molar-refractivity contribution in [2.75, 3.05) is 26.6 Å². The lowest BCUT2D eigenvalue weighted by atomic mass is 10.1. The van der Waals surface area contributed by atoms with Gasteiger partial charge in [0.2, 0.25) is 5.91 Å². The maximum absolute atomic E-state index is 12.4. The predicted molar refractivity (Wildman–Crippen MR) is 119 cm³/mol. The summed E-state index contributed by atoms with van der Waals surface area (Å²) in [5, 5.41) is 2.83. The van der Waals surface area contributed by atoms with E-state index >= 15 is 0 Å². The lowest BCUT2D eigenvalue weighted by Crippen LogP contribution is -2.08. The molecule has 0 atom stereocenters. The number of pyridine rings is 1. The van der Waals surface area contributed by atoms with Gasteiger partial charge >= 0.3 is 0 Å². The Balaban J connectivity index is 1.69. The van der Waals surface area contributed by atoms with Crippen molar-refractivity contribution in [1.82, 2.24) is 4.98 Å². The first-order chi connectivity index (χ1) is 15.1. The molecular formula is C24H24N2O5. The standard InChI is InChI=1S/C24H24N2O5/c1-28-20-7-4-18(22(15-20)30-3)5-9-24(27)26-19-6-8-21(29-2)23(14-19)31-16-17-10-12-25-13-11-17/h4-15H,16H2,1-3H3,(H,26,27)/b9-5+. The van der Waals surface area contributed by atoms with Crippen LogP contribution in [0.4, 0.5) is 5.69 Å². The number of hydrogen-bond acceptors (Lipinski definition) is 6. The monoisotopic (exact) mass is 420 g/mol. The van der Waals surface area contributed by atoms with Gasteiger partial charge in [0.05, 0.1) is 21.3 Å². The smallest absolute Gasteiger partial charge is 0.248 e. The van der Waals surface area contributed by atoms with E-state index in [4.69, 9.17) is 18.9 Å². The summed E-state index contributed by atoms with van der Waals surface area (Å²) in [4.78, 5) is 16.4. The van der Waals surface area contributed by atoms with Crippen LogP contribution >= 0.6 is 0 Å². The maximum atomic E-state index is 12.4. The molecule has 0 fully saturated rings. The van der Waals surface area contributed by atoms with Crippen molar-refractivity contribution < 1.29 is 23.7 Å². The van der Waals surface area contributed by atoms with Crippen LogP contribution in [0.5, 0.6) is 23.0 Å². The van der Waals surface area contributed by atoms with Gasteiger partial charge in [-0.1, -0.05) is 0 Å². The van der Waals surface area contributed by atoms with Gasteiger partial charge in [-0.3, -0.25) is 9.78 Å². The summed E-state index contributed by atoms with van der Waals surface area (Å²) in [5.41, 5.74) is 2.32. The second-order valence-electron chi connectivity index (χ2n) is 6.44. The molecule has 1 amide bonds. The third kappa shape index (κ3) is 5.99. The van der Waals surface area contributed by atoms with E-state index in [2.05, 4.69) is 10.3 Å². The van der Waals surface area contributed by atoms with E-state index in [-0.39, 0.29) is 5.91 Å². The Kier molecular flexibility index (Phi) is 7.48. The molecule has 3 rings (SSSR count). The number of hydrogen-bond donors (Lipinski definition) is 1. The van der Waals surface area contributed by atoms with Crippen LogP contribution in [-0.4, -0.2) is 32.2 Å². The number of benzene rings is 2. The van der Waals surface area contributed by atoms with Crippen molar-refractivity contribution in [3.63, 3.8) is 0 Å². The first-order valence-corrected chi connectivity index (χ1v) is 9.53. The van der Waals surface area contributed by atoms with Crippen molar-refractivity contribution in [3.8, 4) is 23.0 Å². The van der Waals surface area contributed by atoms with Crippen LogP contribution in [0.1, 0.15) is 11.1 Å². The first-order valence-electron chi connectivity index (χ1n) is 9.53. The molecule has 160 valence electrons. The average Bonchev–Trinajstić information content (AvgIpc) is 2.82. The molecule has 0 spiro atoms. The number of anilines is 1. The molecule has 7 heteroatoms. The molecule has 0 saturated carbocycles. The van der Waals surface area contributed by atoms with E-state index in [1.807, 2.05) is 18.2 Å². The van der Waals surface area contributed by atoms with Gasteiger partial charge in [0.15, 0.2) is 11.5 Å². The number of nitrogens with zero attached hydrogens (tertiary/aromatic N) is 1. The van der Waals surface area contributed by atoms with Gasteiger partial charge in [-0.05, 0) is 48.0 Å². The molecule has 0 aliphatic carbocycles. The Morgan fingerprint density at radius 1 is 0.903 bits per heavy atom. The summed E-state index contributed by atoms with van der Waals surface area (Å²) in [6.45, 7) is 0.355. The highest BCUT2D eigenvalue weighted by molar-refractivity contribution is 6.02. The Labute approximate surface area is 181 Å². The SMILES string of the molecule is COc1ccc(/C=C/C(=O)Nc2ccc(OC)c(OCc3ccncc3)c2)c(OC)c1. The lowest BCUT2D eigenvalue weighted by Gasteiger charge is -2.12. The highest BCUT2D eigenvalue weighted by atomic mass is 16.5. The summed E-state index contributed by atoms with van der Waals surface area (Å²) in [6.07, 6.45) is 6.53. The topological polar surface area (TPSA) is 78.9 Å². The second-order valence-corrected chi connectivity index (χ2v) is 6.44. The summed E-state index contributed by atoms with van der Waals surface area (Å²) in [7, 11) is 4.72. The number of carbonyl (C=O) groups excluding carboxylic acids is 1. The zero-order chi connectivity index (χ0) is 22.1. The molecule has 0 unspecified atom stereocenters. The predicted octanol–water partition coefficient (Wildman–Crippen LogP) is 4.34. The van der Waals surface area contributed by atoms with Gasteiger partial charge in [-0.25, -0.2) is 0 Å². The van der Waals surface area contributed by atoms with Gasteiger partial charge in [-0.2, -0.15) is 0 Å². The summed E-state index contributed by atoms with van der Waals surface area (Å²) in [5.74, 6) is 2.10. The minimum Gasteiger partial charge on any atom is -0.497 e. The zero-order valence-corrected chi connectivity index (χ0v) is 17.6. The molecule has 0 aliphatic heterocycles. The molecule has 7 nitrogen and oxygen atoms in total. The molecule has 31 heavy (non-hydrogen) atoms. The number of rotatable bonds is 9. The van der Waals surface area contributed by atoms with E-state index in [0.29, 0.717) is 35.3 Å². The molecule has 3 aromatic rings. The average molecular weight is 420 g/mol. The minimum absolute atomic E-state index is 0.289. The molecule has 1 aromatic heterocycles. The number of amides is 1. The molecule has 1 N–H and O–H groups in total. The molecular weight excluding hydrogens is 396 g/mol. The van der Waals surface area contributed by atoms with Gasteiger partial charge in [0.1, 0.15) is 18.1 Å². The fraction of sp³-hybridized carbons (Fsp3) is 0.167. The summed E-state index contributed by atoms with van der Waals surface area (Å²) >= 11 is 0. The summed E-state index contributed by atoms with van der Waals surface area (Å²) in [6, 6.07) is 14.3. The number of carbonyl (C=O) groups is 1. The van der Waals surface area contributed by atoms with Crippen molar-refractivity contribution in [1.29, 1.82) is 0 Å². The normalized spacial score (nSPS) is 10.5. The van der Waals surface area contributed by atoms with Crippen LogP contribution in [0.25, 0.3) is 6.08 Å². The van der Waals surface area contributed by atoms with Crippen LogP contribution in [0, 0.1) is 0 Å². The molecule has 0 saturated heterocycles. The zero-order valence-electron chi connectivity index (χ0n) is 17.6. The Hall–Kier alpha value is -4.00. The highest BCUT2D eigenvalue weighted by Gasteiger charge is 2.08. The quantitative estimate of drug-likeness (QED) is 0.519. The Morgan fingerprint density at radius 3 is 2.39 bits per heavy atom. The first kappa shape index (κ1) is 21.7. The number of aromatic nitrogens is 1. The lowest BCUT2D eigenvalue weighted by molar-refractivity contribution is -0.111. The van der Waals surface area contributed by atoms with Gasteiger partial charge in [0.25, 0.3) is 0 Å². The van der Waals surface area contributed by atoms with Crippen molar-refractivity contribution in [2.24, 2.45) is 0 Å².